The average molecular weight is 350 g/mol. The predicted octanol–water partition coefficient (Wildman–Crippen LogP) is 2.22. The third-order valence-corrected chi connectivity index (χ3v) is 2.61. The second kappa shape index (κ2) is 4.38. The third kappa shape index (κ3) is 2.17. The highest BCUT2D eigenvalue weighted by molar-refractivity contribution is 14.1. The van der Waals surface area contributed by atoms with E-state index in [1.165, 1.54) is 16.8 Å². The van der Waals surface area contributed by atoms with Gasteiger partial charge < -0.3 is 5.11 Å². The third-order valence-electron chi connectivity index (χ3n) is 1.84. The van der Waals surface area contributed by atoms with Crippen LogP contribution in [-0.4, -0.2) is 25.8 Å². The molecule has 0 aromatic carbocycles. The van der Waals surface area contributed by atoms with Gasteiger partial charge in [0.25, 0.3) is 0 Å². The Labute approximate surface area is 109 Å². The Hall–Kier alpha value is -1.15. The van der Waals surface area contributed by atoms with Crippen molar-refractivity contribution >= 4 is 40.2 Å². The van der Waals surface area contributed by atoms with E-state index in [9.17, 15) is 4.79 Å². The largest absolute Gasteiger partial charge is 0.478 e. The molecule has 16 heavy (non-hydrogen) atoms. The Balaban J connectivity index is 2.62. The molecule has 5 nitrogen and oxygen atoms in total. The minimum atomic E-state index is -1.07. The molecule has 0 radical (unpaired) electrons. The van der Waals surface area contributed by atoms with Gasteiger partial charge in [0.05, 0.1) is 9.77 Å². The van der Waals surface area contributed by atoms with Crippen LogP contribution in [0, 0.1) is 3.57 Å². The normalized spacial score (nSPS) is 10.4. The zero-order valence-electron chi connectivity index (χ0n) is 7.76. The van der Waals surface area contributed by atoms with Crippen molar-refractivity contribution in [3.63, 3.8) is 0 Å². The van der Waals surface area contributed by atoms with Crippen LogP contribution in [0.1, 0.15) is 10.4 Å². The molecule has 0 spiro atoms. The van der Waals surface area contributed by atoms with Crippen LogP contribution < -0.4 is 0 Å². The molecule has 1 N–H and O–H groups in total. The molecule has 0 saturated heterocycles. The van der Waals surface area contributed by atoms with E-state index in [1.807, 2.05) is 0 Å². The maximum atomic E-state index is 11.0. The van der Waals surface area contributed by atoms with Crippen LogP contribution >= 0.6 is 34.2 Å². The molecule has 0 fully saturated rings. The van der Waals surface area contributed by atoms with Gasteiger partial charge in [-0.2, -0.15) is 5.10 Å². The molecule has 0 amide bonds. The number of nitrogens with zero attached hydrogens (tertiary/aromatic N) is 3. The molecule has 0 bridgehead atoms. The number of carboxylic acid groups (broad SMARTS) is 1. The number of pyridine rings is 1. The Kier molecular flexibility index (Phi) is 3.10. The molecule has 0 aliphatic rings. The number of aromatic carboxylic acids is 1. The highest BCUT2D eigenvalue weighted by Crippen LogP contribution is 2.16. The van der Waals surface area contributed by atoms with Gasteiger partial charge in [0, 0.05) is 6.20 Å². The number of hydrogen-bond donors (Lipinski definition) is 1. The summed E-state index contributed by atoms with van der Waals surface area (Å²) in [5, 5.41) is 13.2. The molecule has 2 rings (SSSR count). The first-order valence-corrected chi connectivity index (χ1v) is 5.64. The fourth-order valence-corrected chi connectivity index (χ4v) is 1.71. The molecule has 2 aromatic rings. The molecule has 2 aromatic heterocycles. The second-order valence-corrected chi connectivity index (χ2v) is 4.55. The highest BCUT2D eigenvalue weighted by Gasteiger charge is 2.14. The monoisotopic (exact) mass is 349 g/mol. The van der Waals surface area contributed by atoms with E-state index in [-0.39, 0.29) is 16.5 Å². The summed E-state index contributed by atoms with van der Waals surface area (Å²) in [4.78, 5) is 14.9. The van der Waals surface area contributed by atoms with Gasteiger partial charge in [-0.1, -0.05) is 11.6 Å². The van der Waals surface area contributed by atoms with Crippen LogP contribution in [0.2, 0.25) is 5.15 Å². The Morgan fingerprint density at radius 2 is 2.25 bits per heavy atom. The summed E-state index contributed by atoms with van der Waals surface area (Å²) < 4.78 is 2.27. The van der Waals surface area contributed by atoms with Gasteiger partial charge in [-0.15, -0.1) is 0 Å². The van der Waals surface area contributed by atoms with Crippen molar-refractivity contribution < 1.29 is 9.90 Å². The SMILES string of the molecule is O=C(O)c1ccc(Cl)nc1-n1cc(I)cn1. The smallest absolute Gasteiger partial charge is 0.339 e. The molecular weight excluding hydrogens is 344 g/mol. The van der Waals surface area contributed by atoms with Gasteiger partial charge >= 0.3 is 5.97 Å². The minimum Gasteiger partial charge on any atom is -0.478 e. The van der Waals surface area contributed by atoms with Gasteiger partial charge in [0.1, 0.15) is 10.7 Å². The maximum absolute atomic E-state index is 11.0. The first kappa shape index (κ1) is 11.3. The first-order valence-electron chi connectivity index (χ1n) is 4.18. The minimum absolute atomic E-state index is 0.0592. The second-order valence-electron chi connectivity index (χ2n) is 2.91. The van der Waals surface area contributed by atoms with Crippen molar-refractivity contribution in [2.24, 2.45) is 0 Å². The summed E-state index contributed by atoms with van der Waals surface area (Å²) in [6.45, 7) is 0. The molecule has 0 atom stereocenters. The van der Waals surface area contributed by atoms with Gasteiger partial charge in [-0.3, -0.25) is 0 Å². The van der Waals surface area contributed by atoms with Crippen molar-refractivity contribution in [2.75, 3.05) is 0 Å². The van der Waals surface area contributed by atoms with Crippen molar-refractivity contribution in [3.8, 4) is 5.82 Å². The summed E-state index contributed by atoms with van der Waals surface area (Å²) in [5.74, 6) is -0.854. The number of carbonyl (C=O) groups is 1. The Morgan fingerprint density at radius 3 is 2.81 bits per heavy atom. The van der Waals surface area contributed by atoms with E-state index in [0.29, 0.717) is 0 Å². The van der Waals surface area contributed by atoms with Gasteiger partial charge in [0.15, 0.2) is 5.82 Å². The molecule has 7 heteroatoms. The van der Waals surface area contributed by atoms with E-state index in [0.717, 1.165) is 3.57 Å². The van der Waals surface area contributed by atoms with Crippen LogP contribution in [0.4, 0.5) is 0 Å². The van der Waals surface area contributed by atoms with E-state index in [1.54, 1.807) is 12.4 Å². The van der Waals surface area contributed by atoms with E-state index >= 15 is 0 Å². The predicted molar refractivity (Wildman–Crippen MR) is 66.0 cm³/mol. The number of aromatic nitrogens is 3. The van der Waals surface area contributed by atoms with Crippen LogP contribution in [-0.2, 0) is 0 Å². The van der Waals surface area contributed by atoms with Crippen molar-refractivity contribution in [3.05, 3.63) is 38.8 Å². The Morgan fingerprint density at radius 1 is 1.50 bits per heavy atom. The fourth-order valence-electron chi connectivity index (χ4n) is 1.18. The topological polar surface area (TPSA) is 68.0 Å². The summed E-state index contributed by atoms with van der Waals surface area (Å²) in [6, 6.07) is 2.84. The molecule has 2 heterocycles. The van der Waals surface area contributed by atoms with Gasteiger partial charge in [0.2, 0.25) is 0 Å². The van der Waals surface area contributed by atoms with Crippen LogP contribution in [0.15, 0.2) is 24.5 Å². The van der Waals surface area contributed by atoms with E-state index in [2.05, 4.69) is 32.7 Å². The summed E-state index contributed by atoms with van der Waals surface area (Å²) >= 11 is 7.80. The van der Waals surface area contributed by atoms with Crippen LogP contribution in [0.3, 0.4) is 0 Å². The van der Waals surface area contributed by atoms with Crippen molar-refractivity contribution in [1.82, 2.24) is 14.8 Å². The number of rotatable bonds is 2. The highest BCUT2D eigenvalue weighted by atomic mass is 127. The van der Waals surface area contributed by atoms with Crippen LogP contribution in [0.5, 0.6) is 0 Å². The zero-order valence-corrected chi connectivity index (χ0v) is 10.7. The lowest BCUT2D eigenvalue weighted by molar-refractivity contribution is 0.0696. The number of hydrogen-bond acceptors (Lipinski definition) is 3. The summed E-state index contributed by atoms with van der Waals surface area (Å²) in [6.07, 6.45) is 3.28. The molecule has 0 saturated carbocycles. The van der Waals surface area contributed by atoms with Gasteiger partial charge in [-0.25, -0.2) is 14.5 Å². The average Bonchev–Trinajstić information content (AvgIpc) is 2.64. The van der Waals surface area contributed by atoms with E-state index < -0.39 is 5.97 Å². The molecule has 0 aliphatic heterocycles. The fraction of sp³-hybridized carbons (Fsp3) is 0. The van der Waals surface area contributed by atoms with Crippen molar-refractivity contribution in [1.29, 1.82) is 0 Å². The molecular formula is C9H5ClIN3O2. The number of halogens is 2. The van der Waals surface area contributed by atoms with Gasteiger partial charge in [-0.05, 0) is 34.7 Å². The quantitative estimate of drug-likeness (QED) is 0.667. The molecule has 0 aliphatic carbocycles. The Bertz CT molecular complexity index is 555. The summed E-state index contributed by atoms with van der Waals surface area (Å²) in [5.41, 5.74) is 0.0592. The molecule has 0 unspecified atom stereocenters. The zero-order chi connectivity index (χ0) is 11.7. The van der Waals surface area contributed by atoms with Crippen LogP contribution in [0.25, 0.3) is 5.82 Å². The summed E-state index contributed by atoms with van der Waals surface area (Å²) in [7, 11) is 0. The standard InChI is InChI=1S/C9H5ClIN3O2/c10-7-2-1-6(9(15)16)8(13-7)14-4-5(11)3-12-14/h1-4H,(H,15,16). The lowest BCUT2D eigenvalue weighted by Gasteiger charge is -2.04. The lowest BCUT2D eigenvalue weighted by atomic mass is 10.2. The molecule has 82 valence electrons. The number of carboxylic acids is 1. The first-order chi connectivity index (χ1) is 7.58. The maximum Gasteiger partial charge on any atom is 0.339 e. The van der Waals surface area contributed by atoms with E-state index in [4.69, 9.17) is 16.7 Å². The lowest BCUT2D eigenvalue weighted by Crippen LogP contribution is -2.08. The van der Waals surface area contributed by atoms with Crippen molar-refractivity contribution in [2.45, 2.75) is 0 Å².